The molecule has 0 amide bonds. The molecular weight excluding hydrogens is 290 g/mol. The van der Waals surface area contributed by atoms with E-state index in [4.69, 9.17) is 9.47 Å². The number of hydrogen-bond acceptors (Lipinski definition) is 4. The second-order valence-corrected chi connectivity index (χ2v) is 5.27. The van der Waals surface area contributed by atoms with Gasteiger partial charge in [-0.2, -0.15) is 5.26 Å². The van der Waals surface area contributed by atoms with Gasteiger partial charge in [-0.25, -0.2) is 4.98 Å². The number of para-hydroxylation sites is 2. The Hall–Kier alpha value is -3.26. The van der Waals surface area contributed by atoms with E-state index >= 15 is 0 Å². The predicted octanol–water partition coefficient (Wildman–Crippen LogP) is 3.37. The van der Waals surface area contributed by atoms with Crippen molar-refractivity contribution in [3.8, 4) is 17.6 Å². The zero-order valence-electron chi connectivity index (χ0n) is 12.5. The highest BCUT2D eigenvalue weighted by Gasteiger charge is 2.15. The first-order chi connectivity index (χ1) is 11.3. The maximum atomic E-state index is 9.56. The Bertz CT molecular complexity index is 980. The largest absolute Gasteiger partial charge is 0.454 e. The fourth-order valence-electron chi connectivity index (χ4n) is 2.70. The molecule has 0 N–H and O–H groups in total. The maximum Gasteiger partial charge on any atom is 0.231 e. The van der Waals surface area contributed by atoms with Crippen molar-refractivity contribution in [2.45, 2.75) is 0 Å². The van der Waals surface area contributed by atoms with Gasteiger partial charge < -0.3 is 14.0 Å². The standard InChI is InChI=1S/C18H13N3O2/c1-21-15-5-3-2-4-14(15)20-18(21)13(10-19)8-12-6-7-16-17(9-12)23-11-22-16/h2-9H,11H2,1H3. The summed E-state index contributed by atoms with van der Waals surface area (Å²) >= 11 is 0. The Labute approximate surface area is 133 Å². The van der Waals surface area contributed by atoms with Crippen LogP contribution < -0.4 is 9.47 Å². The van der Waals surface area contributed by atoms with Crippen LogP contribution in [0.15, 0.2) is 42.5 Å². The van der Waals surface area contributed by atoms with Crippen molar-refractivity contribution in [3.05, 3.63) is 53.9 Å². The number of imidazole rings is 1. The summed E-state index contributed by atoms with van der Waals surface area (Å²) in [6.45, 7) is 0.234. The molecule has 23 heavy (non-hydrogen) atoms. The lowest BCUT2D eigenvalue weighted by molar-refractivity contribution is 0.174. The molecule has 0 radical (unpaired) electrons. The van der Waals surface area contributed by atoms with Gasteiger partial charge in [0.25, 0.3) is 0 Å². The summed E-state index contributed by atoms with van der Waals surface area (Å²) in [6.07, 6.45) is 1.81. The Morgan fingerprint density at radius 3 is 2.87 bits per heavy atom. The third-order valence-corrected chi connectivity index (χ3v) is 3.86. The Kier molecular flexibility index (Phi) is 3.02. The number of nitriles is 1. The molecular formula is C18H13N3O2. The van der Waals surface area contributed by atoms with Gasteiger partial charge in [-0.3, -0.25) is 0 Å². The van der Waals surface area contributed by atoms with Crippen molar-refractivity contribution in [1.82, 2.24) is 9.55 Å². The number of hydrogen-bond donors (Lipinski definition) is 0. The molecule has 3 aromatic rings. The van der Waals surface area contributed by atoms with Gasteiger partial charge >= 0.3 is 0 Å². The normalized spacial score (nSPS) is 13.3. The van der Waals surface area contributed by atoms with E-state index < -0.39 is 0 Å². The number of allylic oxidation sites excluding steroid dienone is 1. The highest BCUT2D eigenvalue weighted by molar-refractivity contribution is 5.91. The van der Waals surface area contributed by atoms with Crippen LogP contribution in [0.3, 0.4) is 0 Å². The average Bonchev–Trinajstić information content (AvgIpc) is 3.17. The van der Waals surface area contributed by atoms with Crippen LogP contribution in [-0.4, -0.2) is 16.3 Å². The number of nitrogens with zero attached hydrogens (tertiary/aromatic N) is 3. The molecule has 5 heteroatoms. The van der Waals surface area contributed by atoms with E-state index in [1.165, 1.54) is 0 Å². The summed E-state index contributed by atoms with van der Waals surface area (Å²) in [5.74, 6) is 2.07. The molecule has 4 rings (SSSR count). The molecule has 2 aromatic carbocycles. The van der Waals surface area contributed by atoms with Crippen LogP contribution in [0.25, 0.3) is 22.7 Å². The fourth-order valence-corrected chi connectivity index (χ4v) is 2.70. The fraction of sp³-hybridized carbons (Fsp3) is 0.111. The molecule has 0 bridgehead atoms. The molecule has 0 saturated carbocycles. The lowest BCUT2D eigenvalue weighted by atomic mass is 10.1. The molecule has 2 heterocycles. The summed E-state index contributed by atoms with van der Waals surface area (Å²) < 4.78 is 12.6. The van der Waals surface area contributed by atoms with Crippen LogP contribution in [0.4, 0.5) is 0 Å². The molecule has 0 atom stereocenters. The molecule has 5 nitrogen and oxygen atoms in total. The molecule has 0 spiro atoms. The SMILES string of the molecule is Cn1c(C(C#N)=Cc2ccc3c(c2)OCO3)nc2ccccc21. The van der Waals surface area contributed by atoms with Crippen LogP contribution in [0, 0.1) is 11.3 Å². The highest BCUT2D eigenvalue weighted by Crippen LogP contribution is 2.33. The van der Waals surface area contributed by atoms with E-state index in [9.17, 15) is 5.26 Å². The predicted molar refractivity (Wildman–Crippen MR) is 86.8 cm³/mol. The summed E-state index contributed by atoms with van der Waals surface area (Å²) in [5, 5.41) is 9.56. The Morgan fingerprint density at radius 1 is 1.22 bits per heavy atom. The first-order valence-corrected chi connectivity index (χ1v) is 7.19. The van der Waals surface area contributed by atoms with E-state index in [0.717, 1.165) is 22.3 Å². The highest BCUT2D eigenvalue weighted by atomic mass is 16.7. The molecule has 0 saturated heterocycles. The first kappa shape index (κ1) is 13.4. The van der Waals surface area contributed by atoms with Crippen molar-refractivity contribution in [3.63, 3.8) is 0 Å². The van der Waals surface area contributed by atoms with Gasteiger partial charge in [0.05, 0.1) is 16.6 Å². The number of benzene rings is 2. The minimum absolute atomic E-state index is 0.234. The van der Waals surface area contributed by atoms with E-state index in [0.29, 0.717) is 17.1 Å². The number of fused-ring (bicyclic) bond motifs is 2. The average molecular weight is 303 g/mol. The first-order valence-electron chi connectivity index (χ1n) is 7.19. The molecule has 1 aromatic heterocycles. The van der Waals surface area contributed by atoms with Gasteiger partial charge in [-0.1, -0.05) is 18.2 Å². The third kappa shape index (κ3) is 2.21. The van der Waals surface area contributed by atoms with Gasteiger partial charge in [0.15, 0.2) is 17.3 Å². The van der Waals surface area contributed by atoms with Crippen LogP contribution in [0.5, 0.6) is 11.5 Å². The zero-order chi connectivity index (χ0) is 15.8. The van der Waals surface area contributed by atoms with E-state index in [2.05, 4.69) is 11.1 Å². The van der Waals surface area contributed by atoms with E-state index in [1.807, 2.05) is 60.2 Å². The van der Waals surface area contributed by atoms with Crippen molar-refractivity contribution in [2.24, 2.45) is 7.05 Å². The van der Waals surface area contributed by atoms with Gasteiger partial charge in [0, 0.05) is 7.05 Å². The second kappa shape index (κ2) is 5.18. The van der Waals surface area contributed by atoms with E-state index in [1.54, 1.807) is 0 Å². The number of aryl methyl sites for hydroxylation is 1. The molecule has 1 aliphatic heterocycles. The van der Waals surface area contributed by atoms with Crippen molar-refractivity contribution < 1.29 is 9.47 Å². The van der Waals surface area contributed by atoms with E-state index in [-0.39, 0.29) is 6.79 Å². The monoisotopic (exact) mass is 303 g/mol. The third-order valence-electron chi connectivity index (χ3n) is 3.86. The molecule has 112 valence electrons. The summed E-state index contributed by atoms with van der Waals surface area (Å²) in [6, 6.07) is 15.7. The smallest absolute Gasteiger partial charge is 0.231 e. The summed E-state index contributed by atoms with van der Waals surface area (Å²) in [5.41, 5.74) is 3.24. The van der Waals surface area contributed by atoms with Gasteiger partial charge in [-0.05, 0) is 35.9 Å². The zero-order valence-corrected chi connectivity index (χ0v) is 12.5. The lowest BCUT2D eigenvalue weighted by Gasteiger charge is -2.02. The van der Waals surface area contributed by atoms with Gasteiger partial charge in [0.1, 0.15) is 6.07 Å². The number of aromatic nitrogens is 2. The topological polar surface area (TPSA) is 60.1 Å². The molecule has 0 aliphatic carbocycles. The second-order valence-electron chi connectivity index (χ2n) is 5.27. The number of ether oxygens (including phenoxy) is 2. The van der Waals surface area contributed by atoms with Crippen LogP contribution in [-0.2, 0) is 7.05 Å². The minimum atomic E-state index is 0.234. The number of rotatable bonds is 2. The Balaban J connectivity index is 1.81. The van der Waals surface area contributed by atoms with Crippen molar-refractivity contribution >= 4 is 22.7 Å². The van der Waals surface area contributed by atoms with Crippen molar-refractivity contribution in [2.75, 3.05) is 6.79 Å². The molecule has 0 fully saturated rings. The quantitative estimate of drug-likeness (QED) is 0.681. The maximum absolute atomic E-state index is 9.56. The van der Waals surface area contributed by atoms with Crippen molar-refractivity contribution in [1.29, 1.82) is 5.26 Å². The Morgan fingerprint density at radius 2 is 2.04 bits per heavy atom. The van der Waals surface area contributed by atoms with Crippen LogP contribution in [0.2, 0.25) is 0 Å². The summed E-state index contributed by atoms with van der Waals surface area (Å²) in [4.78, 5) is 4.57. The summed E-state index contributed by atoms with van der Waals surface area (Å²) in [7, 11) is 1.91. The van der Waals surface area contributed by atoms with Gasteiger partial charge in [0.2, 0.25) is 6.79 Å². The molecule has 0 unspecified atom stereocenters. The lowest BCUT2D eigenvalue weighted by Crippen LogP contribution is -1.96. The minimum Gasteiger partial charge on any atom is -0.454 e. The van der Waals surface area contributed by atoms with Crippen LogP contribution in [0.1, 0.15) is 11.4 Å². The molecule has 1 aliphatic rings. The van der Waals surface area contributed by atoms with Gasteiger partial charge in [-0.15, -0.1) is 0 Å². The van der Waals surface area contributed by atoms with Crippen LogP contribution >= 0.6 is 0 Å².